The van der Waals surface area contributed by atoms with E-state index in [2.05, 4.69) is 60.9 Å². The Morgan fingerprint density at radius 2 is 1.89 bits per heavy atom. The molecule has 2 amide bonds. The van der Waals surface area contributed by atoms with Crippen molar-refractivity contribution in [2.75, 3.05) is 17.2 Å². The number of benzene rings is 2. The van der Waals surface area contributed by atoms with Crippen molar-refractivity contribution >= 4 is 40.7 Å². The summed E-state index contributed by atoms with van der Waals surface area (Å²) < 4.78 is 1.89. The van der Waals surface area contributed by atoms with Gasteiger partial charge in [0.2, 0.25) is 11.8 Å². The van der Waals surface area contributed by atoms with Gasteiger partial charge in [-0.1, -0.05) is 54.1 Å². The molecule has 2 aromatic carbocycles. The molecular weight excluding hydrogens is 500 g/mol. The zero-order valence-corrected chi connectivity index (χ0v) is 22.4. The van der Waals surface area contributed by atoms with Crippen molar-refractivity contribution in [3.05, 3.63) is 87.6 Å². The van der Waals surface area contributed by atoms with E-state index in [0.29, 0.717) is 5.82 Å². The normalized spacial score (nSPS) is 17.4. The van der Waals surface area contributed by atoms with Crippen molar-refractivity contribution in [3.63, 3.8) is 0 Å². The van der Waals surface area contributed by atoms with E-state index >= 15 is 0 Å². The zero-order chi connectivity index (χ0) is 25.5. The number of fused-ring (bicyclic) bond motifs is 1. The fraction of sp³-hybridized carbons (Fsp3) is 0.276. The Morgan fingerprint density at radius 3 is 2.59 bits per heavy atom. The maximum Gasteiger partial charge on any atom is 0.240 e. The largest absolute Gasteiger partial charge is 0.352 e. The number of aromatic nitrogens is 2. The molecule has 1 atom stereocenters. The Balaban J connectivity index is 1.61. The highest BCUT2D eigenvalue weighted by Gasteiger charge is 2.38. The van der Waals surface area contributed by atoms with E-state index in [9.17, 15) is 9.59 Å². The molecule has 0 spiro atoms. The first kappa shape index (κ1) is 24.0. The average molecular weight is 529 g/mol. The van der Waals surface area contributed by atoms with Gasteiger partial charge in [0.1, 0.15) is 12.4 Å². The molecule has 2 aliphatic rings. The summed E-state index contributed by atoms with van der Waals surface area (Å²) in [7, 11) is 0. The van der Waals surface area contributed by atoms with Crippen LogP contribution in [-0.2, 0) is 9.59 Å². The minimum absolute atomic E-state index is 0.0229. The van der Waals surface area contributed by atoms with Gasteiger partial charge in [0.25, 0.3) is 0 Å². The summed E-state index contributed by atoms with van der Waals surface area (Å²) in [6, 6.07) is 20.8. The number of hydrogen-bond acceptors (Lipinski definition) is 5. The maximum atomic E-state index is 13.7. The molecule has 0 unspecified atom stereocenters. The molecule has 8 heteroatoms. The van der Waals surface area contributed by atoms with Crippen molar-refractivity contribution in [3.8, 4) is 16.9 Å². The first-order valence-electron chi connectivity index (χ1n) is 12.5. The molecule has 1 fully saturated rings. The van der Waals surface area contributed by atoms with Gasteiger partial charge in [-0.25, -0.2) is 4.68 Å². The van der Waals surface area contributed by atoms with Gasteiger partial charge in [0, 0.05) is 22.0 Å². The molecule has 6 rings (SSSR count). The lowest BCUT2D eigenvalue weighted by Gasteiger charge is -2.23. The molecule has 37 heavy (non-hydrogen) atoms. The second kappa shape index (κ2) is 9.84. The third-order valence-corrected chi connectivity index (χ3v) is 9.09. The second-order valence-electron chi connectivity index (χ2n) is 9.68. The van der Waals surface area contributed by atoms with Crippen LogP contribution in [-0.4, -0.2) is 39.9 Å². The van der Waals surface area contributed by atoms with E-state index in [1.54, 1.807) is 28.0 Å². The second-order valence-corrected chi connectivity index (χ2v) is 11.8. The third kappa shape index (κ3) is 4.71. The van der Waals surface area contributed by atoms with E-state index in [-0.39, 0.29) is 35.4 Å². The summed E-state index contributed by atoms with van der Waals surface area (Å²) >= 11 is 3.29. The van der Waals surface area contributed by atoms with Crippen LogP contribution in [0.15, 0.2) is 66.0 Å². The molecule has 2 aromatic heterocycles. The Morgan fingerprint density at radius 1 is 1.08 bits per heavy atom. The highest BCUT2D eigenvalue weighted by atomic mass is 32.2. The number of amides is 2. The van der Waals surface area contributed by atoms with Gasteiger partial charge in [0.15, 0.2) is 0 Å². The summed E-state index contributed by atoms with van der Waals surface area (Å²) in [6.45, 7) is 4.11. The number of rotatable bonds is 6. The third-order valence-electron chi connectivity index (χ3n) is 6.76. The molecule has 6 nitrogen and oxygen atoms in total. The van der Waals surface area contributed by atoms with Crippen molar-refractivity contribution < 1.29 is 9.59 Å². The Kier molecular flexibility index (Phi) is 6.38. The number of nitrogens with one attached hydrogen (secondary N) is 1. The lowest BCUT2D eigenvalue weighted by atomic mass is 10.0. The van der Waals surface area contributed by atoms with Crippen LogP contribution in [0, 0.1) is 13.8 Å². The molecule has 1 aliphatic carbocycles. The van der Waals surface area contributed by atoms with Crippen LogP contribution in [0.1, 0.15) is 39.7 Å². The summed E-state index contributed by atoms with van der Waals surface area (Å²) in [5, 5.41) is 10.2. The summed E-state index contributed by atoms with van der Waals surface area (Å²) in [5.74, 6) is 0.762. The van der Waals surface area contributed by atoms with E-state index < -0.39 is 0 Å². The number of hydrogen-bond donors (Lipinski definition) is 1. The van der Waals surface area contributed by atoms with Crippen LogP contribution < -0.4 is 10.2 Å². The molecule has 4 aromatic rings. The molecule has 0 saturated heterocycles. The predicted molar refractivity (Wildman–Crippen MR) is 151 cm³/mol. The van der Waals surface area contributed by atoms with Gasteiger partial charge < -0.3 is 5.32 Å². The summed E-state index contributed by atoms with van der Waals surface area (Å²) in [5.41, 5.74) is 5.92. The zero-order valence-electron chi connectivity index (χ0n) is 20.8. The van der Waals surface area contributed by atoms with Gasteiger partial charge in [-0.05, 0) is 49.8 Å². The fourth-order valence-corrected chi connectivity index (χ4v) is 7.02. The smallest absolute Gasteiger partial charge is 0.240 e. The molecule has 1 aliphatic heterocycles. The number of nitrogens with zero attached hydrogens (tertiary/aromatic N) is 3. The first-order valence-corrected chi connectivity index (χ1v) is 14.4. The van der Waals surface area contributed by atoms with Gasteiger partial charge >= 0.3 is 0 Å². The monoisotopic (exact) mass is 528 g/mol. The van der Waals surface area contributed by atoms with E-state index in [4.69, 9.17) is 5.10 Å². The van der Waals surface area contributed by atoms with E-state index in [1.807, 2.05) is 28.9 Å². The molecule has 3 heterocycles. The number of aryl methyl sites for hydroxylation is 2. The minimum atomic E-state index is -0.129. The van der Waals surface area contributed by atoms with E-state index in [0.717, 1.165) is 46.5 Å². The number of anilines is 1. The lowest BCUT2D eigenvalue weighted by Crippen LogP contribution is -2.43. The van der Waals surface area contributed by atoms with Crippen molar-refractivity contribution in [2.24, 2.45) is 0 Å². The van der Waals surface area contributed by atoms with Crippen LogP contribution in [0.2, 0.25) is 0 Å². The standard InChI is InChI=1S/C29H28N4O2S2/c1-18-10-13-22(19(2)15-18)33-29-26(27(31-33)20-7-4-3-5-8-20)28(23-9-6-14-36-23)37-17-25(35)32(29)16-24(34)30-21-11-12-21/h3-10,13-15,21,28H,11-12,16-17H2,1-2H3,(H,30,34)/t28-/m0/s1. The number of carbonyl (C=O) groups excluding carboxylic acids is 2. The highest BCUT2D eigenvalue weighted by molar-refractivity contribution is 8.00. The first-order chi connectivity index (χ1) is 18.0. The topological polar surface area (TPSA) is 67.2 Å². The van der Waals surface area contributed by atoms with Crippen molar-refractivity contribution in [1.82, 2.24) is 15.1 Å². The quantitative estimate of drug-likeness (QED) is 0.350. The lowest BCUT2D eigenvalue weighted by molar-refractivity contribution is -0.123. The number of carbonyl (C=O) groups is 2. The van der Waals surface area contributed by atoms with Crippen LogP contribution in [0.4, 0.5) is 5.82 Å². The predicted octanol–water partition coefficient (Wildman–Crippen LogP) is 5.67. The molecule has 1 saturated carbocycles. The van der Waals surface area contributed by atoms with Crippen LogP contribution in [0.25, 0.3) is 16.9 Å². The summed E-state index contributed by atoms with van der Waals surface area (Å²) in [4.78, 5) is 29.5. The molecule has 0 radical (unpaired) electrons. The van der Waals surface area contributed by atoms with Crippen LogP contribution >= 0.6 is 23.1 Å². The Labute approximate surface area is 224 Å². The van der Waals surface area contributed by atoms with Crippen LogP contribution in [0.5, 0.6) is 0 Å². The highest BCUT2D eigenvalue weighted by Crippen LogP contribution is 2.49. The molecule has 0 bridgehead atoms. The van der Waals surface area contributed by atoms with E-state index in [1.165, 1.54) is 4.88 Å². The number of thiophene rings is 1. The Hall–Kier alpha value is -3.36. The van der Waals surface area contributed by atoms with Gasteiger partial charge in [-0.15, -0.1) is 23.1 Å². The summed E-state index contributed by atoms with van der Waals surface area (Å²) in [6.07, 6.45) is 2.00. The van der Waals surface area contributed by atoms with Gasteiger partial charge in [-0.3, -0.25) is 14.5 Å². The van der Waals surface area contributed by atoms with Gasteiger partial charge in [0.05, 0.1) is 22.4 Å². The van der Waals surface area contributed by atoms with Crippen molar-refractivity contribution in [2.45, 2.75) is 38.0 Å². The van der Waals surface area contributed by atoms with Crippen molar-refractivity contribution in [1.29, 1.82) is 0 Å². The van der Waals surface area contributed by atoms with Gasteiger partial charge in [-0.2, -0.15) is 5.10 Å². The number of thioether (sulfide) groups is 1. The molecule has 188 valence electrons. The maximum absolute atomic E-state index is 13.7. The molecule has 1 N–H and O–H groups in total. The molecular formula is C29H28N4O2S2. The Bertz CT molecular complexity index is 1460. The SMILES string of the molecule is Cc1ccc(-n2nc(-c3ccccc3)c3c2N(CC(=O)NC2CC2)C(=O)CS[C@H]3c2cccs2)c(C)c1. The average Bonchev–Trinajstić information content (AvgIpc) is 3.41. The van der Waals surface area contributed by atoms with Crippen LogP contribution in [0.3, 0.4) is 0 Å². The minimum Gasteiger partial charge on any atom is -0.352 e. The fourth-order valence-electron chi connectivity index (χ4n) is 4.85.